The predicted molar refractivity (Wildman–Crippen MR) is 71.6 cm³/mol. The fourth-order valence-corrected chi connectivity index (χ4v) is 3.30. The summed E-state index contributed by atoms with van der Waals surface area (Å²) in [6.07, 6.45) is 0. The van der Waals surface area contributed by atoms with E-state index in [1.807, 2.05) is 0 Å². The number of hydrogen-bond donors (Lipinski definition) is 1. The van der Waals surface area contributed by atoms with Crippen LogP contribution >= 0.6 is 0 Å². The summed E-state index contributed by atoms with van der Waals surface area (Å²) in [4.78, 5) is -0.135. The first-order chi connectivity index (χ1) is 9.42. The SMILES string of the molecule is NCc1ccc(F)cc1CS(=O)(=O)c1cccc(F)c1. The number of nitrogens with two attached hydrogens (primary N) is 1. The highest BCUT2D eigenvalue weighted by Crippen LogP contribution is 2.20. The lowest BCUT2D eigenvalue weighted by atomic mass is 10.1. The van der Waals surface area contributed by atoms with Crippen molar-refractivity contribution in [2.75, 3.05) is 0 Å². The van der Waals surface area contributed by atoms with E-state index in [2.05, 4.69) is 0 Å². The number of sulfone groups is 1. The van der Waals surface area contributed by atoms with Crippen LogP contribution in [0, 0.1) is 11.6 Å². The van der Waals surface area contributed by atoms with E-state index in [1.54, 1.807) is 0 Å². The molecule has 0 atom stereocenters. The van der Waals surface area contributed by atoms with Crippen LogP contribution in [0.5, 0.6) is 0 Å². The second-order valence-electron chi connectivity index (χ2n) is 4.33. The number of hydrogen-bond acceptors (Lipinski definition) is 3. The fourth-order valence-electron chi connectivity index (χ4n) is 1.88. The summed E-state index contributed by atoms with van der Waals surface area (Å²) in [6.45, 7) is 0.105. The Kier molecular flexibility index (Phi) is 4.15. The lowest BCUT2D eigenvalue weighted by molar-refractivity contribution is 0.589. The molecular formula is C14H13F2NO2S. The molecule has 0 heterocycles. The lowest BCUT2D eigenvalue weighted by Crippen LogP contribution is -2.09. The average Bonchev–Trinajstić information content (AvgIpc) is 2.38. The van der Waals surface area contributed by atoms with Gasteiger partial charge in [0.2, 0.25) is 0 Å². The van der Waals surface area contributed by atoms with Crippen LogP contribution in [0.3, 0.4) is 0 Å². The first kappa shape index (κ1) is 14.6. The Hall–Kier alpha value is -1.79. The zero-order valence-electron chi connectivity index (χ0n) is 10.5. The highest BCUT2D eigenvalue weighted by Gasteiger charge is 2.18. The molecule has 0 amide bonds. The molecule has 0 aliphatic heterocycles. The van der Waals surface area contributed by atoms with Crippen LogP contribution in [0.2, 0.25) is 0 Å². The van der Waals surface area contributed by atoms with E-state index < -0.39 is 27.2 Å². The normalized spacial score (nSPS) is 11.6. The van der Waals surface area contributed by atoms with Crippen molar-refractivity contribution in [2.24, 2.45) is 5.73 Å². The molecule has 0 unspecified atom stereocenters. The smallest absolute Gasteiger partial charge is 0.182 e. The molecule has 0 spiro atoms. The molecule has 0 aliphatic rings. The van der Waals surface area contributed by atoms with Gasteiger partial charge in [-0.25, -0.2) is 17.2 Å². The maximum Gasteiger partial charge on any atom is 0.182 e. The van der Waals surface area contributed by atoms with Crippen molar-refractivity contribution in [1.82, 2.24) is 0 Å². The van der Waals surface area contributed by atoms with Gasteiger partial charge >= 0.3 is 0 Å². The average molecular weight is 297 g/mol. The summed E-state index contributed by atoms with van der Waals surface area (Å²) >= 11 is 0. The lowest BCUT2D eigenvalue weighted by Gasteiger charge is -2.09. The summed E-state index contributed by atoms with van der Waals surface area (Å²) in [5.41, 5.74) is 6.34. The second kappa shape index (κ2) is 5.68. The summed E-state index contributed by atoms with van der Waals surface area (Å²) in [7, 11) is -3.75. The van der Waals surface area contributed by atoms with Crippen molar-refractivity contribution in [3.05, 3.63) is 65.2 Å². The quantitative estimate of drug-likeness (QED) is 0.942. The van der Waals surface area contributed by atoms with Gasteiger partial charge in [-0.1, -0.05) is 12.1 Å². The highest BCUT2D eigenvalue weighted by molar-refractivity contribution is 7.90. The van der Waals surface area contributed by atoms with Crippen LogP contribution in [-0.4, -0.2) is 8.42 Å². The molecule has 0 aromatic heterocycles. The molecule has 6 heteroatoms. The molecule has 0 aliphatic carbocycles. The van der Waals surface area contributed by atoms with E-state index in [1.165, 1.54) is 24.3 Å². The first-order valence-electron chi connectivity index (χ1n) is 5.88. The zero-order chi connectivity index (χ0) is 14.8. The van der Waals surface area contributed by atoms with Gasteiger partial charge in [-0.3, -0.25) is 0 Å². The Bertz CT molecular complexity index is 730. The van der Waals surface area contributed by atoms with Crippen molar-refractivity contribution in [1.29, 1.82) is 0 Å². The van der Waals surface area contributed by atoms with Crippen LogP contribution < -0.4 is 5.73 Å². The molecule has 2 aromatic rings. The Morgan fingerprint density at radius 1 is 0.950 bits per heavy atom. The zero-order valence-corrected chi connectivity index (χ0v) is 11.3. The van der Waals surface area contributed by atoms with Crippen LogP contribution in [0.15, 0.2) is 47.4 Å². The van der Waals surface area contributed by atoms with Crippen LogP contribution in [-0.2, 0) is 22.1 Å². The monoisotopic (exact) mass is 297 g/mol. The van der Waals surface area contributed by atoms with Gasteiger partial charge in [0.1, 0.15) is 11.6 Å². The van der Waals surface area contributed by atoms with Crippen LogP contribution in [0.1, 0.15) is 11.1 Å². The van der Waals surface area contributed by atoms with Gasteiger partial charge in [0.05, 0.1) is 10.6 Å². The molecule has 0 saturated carbocycles. The molecule has 2 rings (SSSR count). The van der Waals surface area contributed by atoms with Gasteiger partial charge in [-0.15, -0.1) is 0 Å². The first-order valence-corrected chi connectivity index (χ1v) is 7.53. The summed E-state index contributed by atoms with van der Waals surface area (Å²) < 4.78 is 50.7. The van der Waals surface area contributed by atoms with Crippen LogP contribution in [0.4, 0.5) is 8.78 Å². The number of halogens is 2. The van der Waals surface area contributed by atoms with Crippen molar-refractivity contribution in [3.63, 3.8) is 0 Å². The Morgan fingerprint density at radius 2 is 1.65 bits per heavy atom. The third-order valence-electron chi connectivity index (χ3n) is 2.89. The van der Waals surface area contributed by atoms with E-state index in [0.29, 0.717) is 5.56 Å². The summed E-state index contributed by atoms with van der Waals surface area (Å²) in [5, 5.41) is 0. The van der Waals surface area contributed by atoms with Gasteiger partial charge in [0, 0.05) is 6.54 Å². The Labute approximate surface area is 116 Å². The minimum Gasteiger partial charge on any atom is -0.326 e. The third-order valence-corrected chi connectivity index (χ3v) is 4.55. The molecule has 0 bridgehead atoms. The molecule has 20 heavy (non-hydrogen) atoms. The third kappa shape index (κ3) is 3.20. The maximum absolute atomic E-state index is 13.2. The molecule has 3 nitrogen and oxygen atoms in total. The Balaban J connectivity index is 2.40. The minimum atomic E-state index is -3.75. The molecule has 0 fully saturated rings. The van der Waals surface area contributed by atoms with Crippen molar-refractivity contribution >= 4 is 9.84 Å². The Morgan fingerprint density at radius 3 is 2.30 bits per heavy atom. The number of benzene rings is 2. The molecule has 0 radical (unpaired) electrons. The van der Waals surface area contributed by atoms with E-state index in [0.717, 1.165) is 18.2 Å². The topological polar surface area (TPSA) is 60.2 Å². The molecular weight excluding hydrogens is 284 g/mol. The minimum absolute atomic E-state index is 0.105. The van der Waals surface area contributed by atoms with Gasteiger partial charge in [-0.2, -0.15) is 0 Å². The van der Waals surface area contributed by atoms with E-state index >= 15 is 0 Å². The van der Waals surface area contributed by atoms with E-state index in [-0.39, 0.29) is 17.0 Å². The van der Waals surface area contributed by atoms with E-state index in [4.69, 9.17) is 5.73 Å². The molecule has 2 N–H and O–H groups in total. The molecule has 2 aromatic carbocycles. The van der Waals surface area contributed by atoms with Crippen molar-refractivity contribution in [2.45, 2.75) is 17.2 Å². The van der Waals surface area contributed by atoms with Gasteiger partial charge in [-0.05, 0) is 41.5 Å². The summed E-state index contributed by atoms with van der Waals surface area (Å²) in [5.74, 6) is -1.59. The van der Waals surface area contributed by atoms with Gasteiger partial charge in [0.25, 0.3) is 0 Å². The standard InChI is InChI=1S/C14H13F2NO2S/c15-12-2-1-3-14(7-12)20(18,19)9-11-6-13(16)5-4-10(11)8-17/h1-7H,8-9,17H2. The number of rotatable bonds is 4. The maximum atomic E-state index is 13.2. The second-order valence-corrected chi connectivity index (χ2v) is 6.32. The van der Waals surface area contributed by atoms with Crippen molar-refractivity contribution in [3.8, 4) is 0 Å². The largest absolute Gasteiger partial charge is 0.326 e. The summed E-state index contributed by atoms with van der Waals surface area (Å²) in [6, 6.07) is 8.53. The van der Waals surface area contributed by atoms with Crippen LogP contribution in [0.25, 0.3) is 0 Å². The van der Waals surface area contributed by atoms with Gasteiger partial charge < -0.3 is 5.73 Å². The fraction of sp³-hybridized carbons (Fsp3) is 0.143. The highest BCUT2D eigenvalue weighted by atomic mass is 32.2. The van der Waals surface area contributed by atoms with Gasteiger partial charge in [0.15, 0.2) is 9.84 Å². The molecule has 106 valence electrons. The van der Waals surface area contributed by atoms with E-state index in [9.17, 15) is 17.2 Å². The molecule has 0 saturated heterocycles. The predicted octanol–water partition coefficient (Wildman–Crippen LogP) is 2.40. The van der Waals surface area contributed by atoms with Crippen molar-refractivity contribution < 1.29 is 17.2 Å².